The summed E-state index contributed by atoms with van der Waals surface area (Å²) in [6.45, 7) is 2.92. The maximum Gasteiger partial charge on any atom is 0.255 e. The Labute approximate surface area is 83.7 Å². The minimum absolute atomic E-state index is 0.0389. The van der Waals surface area contributed by atoms with Crippen LogP contribution >= 0.6 is 0 Å². The van der Waals surface area contributed by atoms with Gasteiger partial charge in [-0.3, -0.25) is 9.78 Å². The molecule has 0 fully saturated rings. The molecule has 1 heterocycles. The predicted molar refractivity (Wildman–Crippen MR) is 55.0 cm³/mol. The molecule has 4 heteroatoms. The zero-order chi connectivity index (χ0) is 10.6. The molecule has 2 N–H and O–H groups in total. The molecule has 76 valence electrons. The maximum absolute atomic E-state index is 11.7. The average Bonchev–Trinajstić information content (AvgIpc) is 2.18. The molecule has 14 heavy (non-hydrogen) atoms. The van der Waals surface area contributed by atoms with Crippen molar-refractivity contribution in [2.45, 2.75) is 6.92 Å². The van der Waals surface area contributed by atoms with Gasteiger partial charge in [-0.2, -0.15) is 0 Å². The van der Waals surface area contributed by atoms with Crippen molar-refractivity contribution in [1.82, 2.24) is 9.88 Å². The number of carbonyl (C=O) groups excluding carboxylic acids is 1. The van der Waals surface area contributed by atoms with E-state index < -0.39 is 0 Å². The second-order valence-electron chi connectivity index (χ2n) is 3.20. The number of pyridine rings is 1. The van der Waals surface area contributed by atoms with Crippen LogP contribution in [0.5, 0.6) is 0 Å². The minimum Gasteiger partial charge on any atom is -0.340 e. The van der Waals surface area contributed by atoms with Crippen molar-refractivity contribution in [3.63, 3.8) is 0 Å². The van der Waals surface area contributed by atoms with Crippen molar-refractivity contribution in [2.24, 2.45) is 5.73 Å². The summed E-state index contributed by atoms with van der Waals surface area (Å²) in [5.41, 5.74) is 6.87. The summed E-state index contributed by atoms with van der Waals surface area (Å²) in [4.78, 5) is 17.3. The highest BCUT2D eigenvalue weighted by Gasteiger charge is 2.10. The number of carbonyl (C=O) groups is 1. The van der Waals surface area contributed by atoms with Crippen molar-refractivity contribution >= 4 is 5.91 Å². The predicted octanol–water partition coefficient (Wildman–Crippen LogP) is 0.421. The fourth-order valence-electron chi connectivity index (χ4n) is 1.11. The van der Waals surface area contributed by atoms with E-state index >= 15 is 0 Å². The molecule has 0 unspecified atom stereocenters. The molecular weight excluding hydrogens is 178 g/mol. The van der Waals surface area contributed by atoms with E-state index in [0.717, 1.165) is 5.69 Å². The van der Waals surface area contributed by atoms with Gasteiger partial charge in [-0.15, -0.1) is 0 Å². The SMILES string of the molecule is Cc1ccc(C(=O)N(C)CCN)cn1. The van der Waals surface area contributed by atoms with E-state index in [1.807, 2.05) is 13.0 Å². The molecule has 1 rings (SSSR count). The monoisotopic (exact) mass is 193 g/mol. The first kappa shape index (κ1) is 10.7. The van der Waals surface area contributed by atoms with E-state index in [9.17, 15) is 4.79 Å². The molecule has 4 nitrogen and oxygen atoms in total. The number of rotatable bonds is 3. The highest BCUT2D eigenvalue weighted by Crippen LogP contribution is 2.02. The van der Waals surface area contributed by atoms with Gasteiger partial charge < -0.3 is 10.6 Å². The smallest absolute Gasteiger partial charge is 0.255 e. The number of nitrogens with zero attached hydrogens (tertiary/aromatic N) is 2. The van der Waals surface area contributed by atoms with Gasteiger partial charge in [0.15, 0.2) is 0 Å². The van der Waals surface area contributed by atoms with Crippen molar-refractivity contribution in [3.05, 3.63) is 29.6 Å². The lowest BCUT2D eigenvalue weighted by Gasteiger charge is -2.15. The number of likely N-dealkylation sites (N-methyl/N-ethyl adjacent to an activating group) is 1. The second kappa shape index (κ2) is 4.72. The molecule has 1 aromatic heterocycles. The third kappa shape index (κ3) is 2.53. The van der Waals surface area contributed by atoms with E-state index in [-0.39, 0.29) is 5.91 Å². The van der Waals surface area contributed by atoms with Crippen LogP contribution in [0.3, 0.4) is 0 Å². The van der Waals surface area contributed by atoms with Crippen LogP contribution in [0.25, 0.3) is 0 Å². The van der Waals surface area contributed by atoms with Crippen LogP contribution in [0.4, 0.5) is 0 Å². The van der Waals surface area contributed by atoms with Crippen LogP contribution in [-0.4, -0.2) is 35.9 Å². The first-order valence-corrected chi connectivity index (χ1v) is 4.53. The first-order valence-electron chi connectivity index (χ1n) is 4.53. The Balaban J connectivity index is 2.74. The highest BCUT2D eigenvalue weighted by molar-refractivity contribution is 5.93. The molecule has 0 radical (unpaired) electrons. The summed E-state index contributed by atoms with van der Waals surface area (Å²) >= 11 is 0. The number of hydrogen-bond donors (Lipinski definition) is 1. The Morgan fingerprint density at radius 1 is 1.57 bits per heavy atom. The van der Waals surface area contributed by atoms with E-state index in [4.69, 9.17) is 5.73 Å². The van der Waals surface area contributed by atoms with Crippen molar-refractivity contribution in [3.8, 4) is 0 Å². The van der Waals surface area contributed by atoms with Crippen molar-refractivity contribution in [2.75, 3.05) is 20.1 Å². The van der Waals surface area contributed by atoms with Gasteiger partial charge in [0.1, 0.15) is 0 Å². The first-order chi connectivity index (χ1) is 6.65. The fraction of sp³-hybridized carbons (Fsp3) is 0.400. The summed E-state index contributed by atoms with van der Waals surface area (Å²) in [5.74, 6) is -0.0389. The molecule has 0 bridgehead atoms. The van der Waals surface area contributed by atoms with E-state index in [1.165, 1.54) is 0 Å². The van der Waals surface area contributed by atoms with Gasteiger partial charge in [0.2, 0.25) is 0 Å². The number of hydrogen-bond acceptors (Lipinski definition) is 3. The summed E-state index contributed by atoms with van der Waals surface area (Å²) in [6.07, 6.45) is 1.59. The van der Waals surface area contributed by atoms with Crippen molar-refractivity contribution in [1.29, 1.82) is 0 Å². The van der Waals surface area contributed by atoms with Crippen LogP contribution in [0.2, 0.25) is 0 Å². The Bertz CT molecular complexity index is 308. The van der Waals surface area contributed by atoms with Crippen LogP contribution in [-0.2, 0) is 0 Å². The van der Waals surface area contributed by atoms with Gasteiger partial charge in [0.05, 0.1) is 5.56 Å². The molecule has 0 atom stereocenters. The summed E-state index contributed by atoms with van der Waals surface area (Å²) in [5, 5.41) is 0. The van der Waals surface area contributed by atoms with Crippen molar-refractivity contribution < 1.29 is 4.79 Å². The molecular formula is C10H15N3O. The topological polar surface area (TPSA) is 59.2 Å². The largest absolute Gasteiger partial charge is 0.340 e. The van der Waals surface area contributed by atoms with Gasteiger partial charge in [0, 0.05) is 32.0 Å². The Morgan fingerprint density at radius 2 is 2.29 bits per heavy atom. The summed E-state index contributed by atoms with van der Waals surface area (Å²) in [7, 11) is 1.73. The molecule has 0 aliphatic rings. The molecule has 0 saturated carbocycles. The number of nitrogens with two attached hydrogens (primary N) is 1. The Hall–Kier alpha value is -1.42. The van der Waals surface area contributed by atoms with Gasteiger partial charge in [-0.1, -0.05) is 0 Å². The zero-order valence-electron chi connectivity index (χ0n) is 8.53. The molecule has 0 aromatic carbocycles. The van der Waals surface area contributed by atoms with Gasteiger partial charge >= 0.3 is 0 Å². The summed E-state index contributed by atoms with van der Waals surface area (Å²) in [6, 6.07) is 3.60. The lowest BCUT2D eigenvalue weighted by atomic mass is 10.2. The third-order valence-electron chi connectivity index (χ3n) is 1.97. The molecule has 0 spiro atoms. The van der Waals surface area contributed by atoms with E-state index in [1.54, 1.807) is 24.2 Å². The Kier molecular flexibility index (Phi) is 3.59. The molecule has 1 aromatic rings. The average molecular weight is 193 g/mol. The standard InChI is InChI=1S/C10H15N3O/c1-8-3-4-9(7-12-8)10(14)13(2)6-5-11/h3-4,7H,5-6,11H2,1-2H3. The zero-order valence-corrected chi connectivity index (χ0v) is 8.53. The van der Waals surface area contributed by atoms with E-state index in [0.29, 0.717) is 18.7 Å². The second-order valence-corrected chi connectivity index (χ2v) is 3.20. The molecule has 0 aliphatic carbocycles. The fourth-order valence-corrected chi connectivity index (χ4v) is 1.11. The van der Waals surface area contributed by atoms with Gasteiger partial charge in [-0.25, -0.2) is 0 Å². The van der Waals surface area contributed by atoms with Crippen LogP contribution in [0.15, 0.2) is 18.3 Å². The van der Waals surface area contributed by atoms with Gasteiger partial charge in [-0.05, 0) is 19.1 Å². The van der Waals surface area contributed by atoms with Crippen LogP contribution in [0, 0.1) is 6.92 Å². The number of aromatic nitrogens is 1. The normalized spacial score (nSPS) is 9.93. The number of aryl methyl sites for hydroxylation is 1. The summed E-state index contributed by atoms with van der Waals surface area (Å²) < 4.78 is 0. The Morgan fingerprint density at radius 3 is 2.79 bits per heavy atom. The third-order valence-corrected chi connectivity index (χ3v) is 1.97. The molecule has 0 aliphatic heterocycles. The van der Waals surface area contributed by atoms with Crippen LogP contribution in [0.1, 0.15) is 16.1 Å². The molecule has 1 amide bonds. The quantitative estimate of drug-likeness (QED) is 0.757. The van der Waals surface area contributed by atoms with E-state index in [2.05, 4.69) is 4.98 Å². The highest BCUT2D eigenvalue weighted by atomic mass is 16.2. The lowest BCUT2D eigenvalue weighted by Crippen LogP contribution is -2.31. The number of amides is 1. The minimum atomic E-state index is -0.0389. The van der Waals surface area contributed by atoms with Crippen LogP contribution < -0.4 is 5.73 Å². The molecule has 0 saturated heterocycles. The van der Waals surface area contributed by atoms with Gasteiger partial charge in [0.25, 0.3) is 5.91 Å². The lowest BCUT2D eigenvalue weighted by molar-refractivity contribution is 0.0798. The maximum atomic E-state index is 11.7.